The number of sulfonamides is 1. The van der Waals surface area contributed by atoms with E-state index in [9.17, 15) is 13.2 Å². The molecule has 1 amide bonds. The van der Waals surface area contributed by atoms with E-state index in [2.05, 4.69) is 10.0 Å². The van der Waals surface area contributed by atoms with Gasteiger partial charge in [0.2, 0.25) is 15.9 Å². The molecular weight excluding hydrogens is 408 g/mol. The second-order valence-electron chi connectivity index (χ2n) is 6.70. The number of hydrogen-bond acceptors (Lipinski definition) is 6. The van der Waals surface area contributed by atoms with Gasteiger partial charge in [0.05, 0.1) is 27.8 Å². The standard InChI is InChI=1S/C21H28N2O6S/c1-14-10-19(29-5)20(11-15(14)2)30(25,26)23-9-8-22-21(24)13-16-6-7-17(27-3)18(12-16)28-4/h6-7,10-12,23H,8-9,13H2,1-5H3,(H,22,24). The molecule has 0 saturated carbocycles. The van der Waals surface area contributed by atoms with E-state index in [0.717, 1.165) is 16.7 Å². The first-order chi connectivity index (χ1) is 14.2. The molecule has 0 heterocycles. The minimum absolute atomic E-state index is 0.0517. The van der Waals surface area contributed by atoms with Crippen LogP contribution in [0.1, 0.15) is 16.7 Å². The molecule has 0 aromatic heterocycles. The highest BCUT2D eigenvalue weighted by molar-refractivity contribution is 7.89. The largest absolute Gasteiger partial charge is 0.495 e. The van der Waals surface area contributed by atoms with Crippen molar-refractivity contribution in [2.45, 2.75) is 25.2 Å². The molecule has 164 valence electrons. The SMILES string of the molecule is COc1ccc(CC(=O)NCCNS(=O)(=O)c2cc(C)c(C)cc2OC)cc1OC. The normalized spacial score (nSPS) is 11.1. The van der Waals surface area contributed by atoms with E-state index < -0.39 is 10.0 Å². The topological polar surface area (TPSA) is 103 Å². The van der Waals surface area contributed by atoms with Crippen molar-refractivity contribution in [2.24, 2.45) is 0 Å². The molecule has 0 radical (unpaired) electrons. The highest BCUT2D eigenvalue weighted by Crippen LogP contribution is 2.28. The summed E-state index contributed by atoms with van der Waals surface area (Å²) in [4.78, 5) is 12.2. The number of amides is 1. The highest BCUT2D eigenvalue weighted by Gasteiger charge is 2.20. The molecule has 30 heavy (non-hydrogen) atoms. The second kappa shape index (κ2) is 10.3. The Hall–Kier alpha value is -2.78. The van der Waals surface area contributed by atoms with Crippen LogP contribution >= 0.6 is 0 Å². The van der Waals surface area contributed by atoms with E-state index in [1.165, 1.54) is 14.2 Å². The van der Waals surface area contributed by atoms with Gasteiger partial charge in [-0.3, -0.25) is 4.79 Å². The van der Waals surface area contributed by atoms with Gasteiger partial charge in [-0.2, -0.15) is 0 Å². The molecule has 2 N–H and O–H groups in total. The van der Waals surface area contributed by atoms with Gasteiger partial charge in [-0.1, -0.05) is 6.07 Å². The summed E-state index contributed by atoms with van der Waals surface area (Å²) in [7, 11) is 0.722. The van der Waals surface area contributed by atoms with Crippen LogP contribution in [0.4, 0.5) is 0 Å². The first-order valence-electron chi connectivity index (χ1n) is 9.34. The maximum atomic E-state index is 12.6. The molecular formula is C21H28N2O6S. The lowest BCUT2D eigenvalue weighted by Gasteiger charge is -2.13. The molecule has 0 aliphatic carbocycles. The van der Waals surface area contributed by atoms with Crippen LogP contribution < -0.4 is 24.2 Å². The molecule has 8 nitrogen and oxygen atoms in total. The zero-order valence-corrected chi connectivity index (χ0v) is 18.7. The Balaban J connectivity index is 1.91. The van der Waals surface area contributed by atoms with Crippen LogP contribution in [0.2, 0.25) is 0 Å². The Bertz CT molecular complexity index is 1000. The van der Waals surface area contributed by atoms with Crippen molar-refractivity contribution in [1.29, 1.82) is 0 Å². The van der Waals surface area contributed by atoms with Gasteiger partial charge in [0.1, 0.15) is 10.6 Å². The number of rotatable bonds is 10. The predicted octanol–water partition coefficient (Wildman–Crippen LogP) is 1.97. The molecule has 0 saturated heterocycles. The van der Waals surface area contributed by atoms with Crippen molar-refractivity contribution in [3.05, 3.63) is 47.0 Å². The molecule has 2 aromatic carbocycles. The zero-order chi connectivity index (χ0) is 22.3. The Morgan fingerprint density at radius 2 is 1.50 bits per heavy atom. The van der Waals surface area contributed by atoms with Gasteiger partial charge < -0.3 is 19.5 Å². The van der Waals surface area contributed by atoms with Crippen molar-refractivity contribution in [3.8, 4) is 17.2 Å². The molecule has 0 atom stereocenters. The summed E-state index contributed by atoms with van der Waals surface area (Å²) in [5, 5.41) is 2.70. The van der Waals surface area contributed by atoms with E-state index in [4.69, 9.17) is 14.2 Å². The van der Waals surface area contributed by atoms with Crippen molar-refractivity contribution >= 4 is 15.9 Å². The Kier molecular flexibility index (Phi) is 8.08. The molecule has 9 heteroatoms. The molecule has 2 aromatic rings. The first-order valence-corrected chi connectivity index (χ1v) is 10.8. The number of carbonyl (C=O) groups is 1. The highest BCUT2D eigenvalue weighted by atomic mass is 32.2. The summed E-state index contributed by atoms with van der Waals surface area (Å²) in [6.45, 7) is 3.92. The molecule has 0 unspecified atom stereocenters. The van der Waals surface area contributed by atoms with Gasteiger partial charge >= 0.3 is 0 Å². The minimum atomic E-state index is -3.77. The van der Waals surface area contributed by atoms with Crippen molar-refractivity contribution in [3.63, 3.8) is 0 Å². The van der Waals surface area contributed by atoms with Gasteiger partial charge in [0.15, 0.2) is 11.5 Å². The number of nitrogens with one attached hydrogen (secondary N) is 2. The lowest BCUT2D eigenvalue weighted by atomic mass is 10.1. The van der Waals surface area contributed by atoms with E-state index >= 15 is 0 Å². The molecule has 0 aliphatic rings. The number of benzene rings is 2. The van der Waals surface area contributed by atoms with Gasteiger partial charge in [-0.05, 0) is 54.8 Å². The summed E-state index contributed by atoms with van der Waals surface area (Å²) in [6.07, 6.45) is 0.137. The lowest BCUT2D eigenvalue weighted by Crippen LogP contribution is -2.35. The third kappa shape index (κ3) is 5.87. The first kappa shape index (κ1) is 23.5. The third-order valence-corrected chi connectivity index (χ3v) is 6.10. The fourth-order valence-electron chi connectivity index (χ4n) is 2.84. The van der Waals surface area contributed by atoms with Gasteiger partial charge in [-0.15, -0.1) is 0 Å². The van der Waals surface area contributed by atoms with Gasteiger partial charge in [0, 0.05) is 13.1 Å². The van der Waals surface area contributed by atoms with E-state index in [1.54, 1.807) is 37.4 Å². The van der Waals surface area contributed by atoms with E-state index in [0.29, 0.717) is 11.5 Å². The number of carbonyl (C=O) groups excluding carboxylic acids is 1. The number of hydrogen-bond donors (Lipinski definition) is 2. The Morgan fingerprint density at radius 1 is 0.867 bits per heavy atom. The van der Waals surface area contributed by atoms with Crippen molar-refractivity contribution in [2.75, 3.05) is 34.4 Å². The number of methoxy groups -OCH3 is 3. The second-order valence-corrected chi connectivity index (χ2v) is 8.44. The smallest absolute Gasteiger partial charge is 0.244 e. The van der Waals surface area contributed by atoms with Gasteiger partial charge in [0.25, 0.3) is 0 Å². The monoisotopic (exact) mass is 436 g/mol. The summed E-state index contributed by atoms with van der Waals surface area (Å²) in [5.74, 6) is 1.17. The van der Waals surface area contributed by atoms with Crippen LogP contribution in [0.3, 0.4) is 0 Å². The maximum Gasteiger partial charge on any atom is 0.244 e. The van der Waals surface area contributed by atoms with Crippen molar-refractivity contribution < 1.29 is 27.4 Å². The maximum absolute atomic E-state index is 12.6. The number of ether oxygens (including phenoxy) is 3. The van der Waals surface area contributed by atoms with E-state index in [1.807, 2.05) is 13.8 Å². The zero-order valence-electron chi connectivity index (χ0n) is 17.9. The van der Waals surface area contributed by atoms with Crippen LogP contribution in [0.5, 0.6) is 17.2 Å². The Labute approximate surface area is 177 Å². The quantitative estimate of drug-likeness (QED) is 0.552. The summed E-state index contributed by atoms with van der Waals surface area (Å²) >= 11 is 0. The predicted molar refractivity (Wildman–Crippen MR) is 114 cm³/mol. The molecule has 0 fully saturated rings. The van der Waals surface area contributed by atoms with Crippen LogP contribution in [-0.4, -0.2) is 48.7 Å². The third-order valence-electron chi connectivity index (χ3n) is 4.62. The lowest BCUT2D eigenvalue weighted by molar-refractivity contribution is -0.120. The van der Waals surface area contributed by atoms with Crippen LogP contribution in [0.25, 0.3) is 0 Å². The average molecular weight is 437 g/mol. The molecule has 0 aliphatic heterocycles. The minimum Gasteiger partial charge on any atom is -0.495 e. The molecule has 0 spiro atoms. The van der Waals surface area contributed by atoms with E-state index in [-0.39, 0.29) is 36.1 Å². The van der Waals surface area contributed by atoms with Gasteiger partial charge in [-0.25, -0.2) is 13.1 Å². The van der Waals surface area contributed by atoms with Crippen molar-refractivity contribution in [1.82, 2.24) is 10.0 Å². The molecule has 2 rings (SSSR count). The molecule has 0 bridgehead atoms. The summed E-state index contributed by atoms with van der Waals surface area (Å²) in [6, 6.07) is 8.50. The average Bonchev–Trinajstić information content (AvgIpc) is 2.72. The Morgan fingerprint density at radius 3 is 2.13 bits per heavy atom. The fourth-order valence-corrected chi connectivity index (χ4v) is 4.10. The van der Waals surface area contributed by atoms with Crippen LogP contribution in [0.15, 0.2) is 35.2 Å². The fraction of sp³-hybridized carbons (Fsp3) is 0.381. The van der Waals surface area contributed by atoms with Crippen LogP contribution in [0, 0.1) is 13.8 Å². The van der Waals surface area contributed by atoms with Crippen LogP contribution in [-0.2, 0) is 21.2 Å². The number of aryl methyl sites for hydroxylation is 2. The summed E-state index contributed by atoms with van der Waals surface area (Å²) < 4.78 is 43.3. The summed E-state index contributed by atoms with van der Waals surface area (Å²) in [5.41, 5.74) is 2.54.